The molecule has 0 spiro atoms. The summed E-state index contributed by atoms with van der Waals surface area (Å²) in [5, 5.41) is 0. The Morgan fingerprint density at radius 2 is 1.88 bits per heavy atom. The number of benzene rings is 1. The van der Waals surface area contributed by atoms with Crippen LogP contribution in [0.1, 0.15) is 13.9 Å². The molecule has 0 bridgehead atoms. The zero-order valence-corrected chi connectivity index (χ0v) is 5.09. The highest BCUT2D eigenvalue weighted by Gasteiger charge is 1.79. The van der Waals surface area contributed by atoms with Crippen molar-refractivity contribution in [1.29, 1.82) is 0 Å². The predicted molar refractivity (Wildman–Crippen MR) is 36.9 cm³/mol. The summed E-state index contributed by atoms with van der Waals surface area (Å²) in [6.45, 7) is 2.16. The summed E-state index contributed by atoms with van der Waals surface area (Å²) in [5.41, 5.74) is 1.41. The van der Waals surface area contributed by atoms with Crippen LogP contribution >= 0.6 is 0 Å². The zero-order chi connectivity index (χ0) is 5.82. The molecule has 0 aromatic heterocycles. The van der Waals surface area contributed by atoms with E-state index < -0.39 is 0 Å². The van der Waals surface area contributed by atoms with Crippen LogP contribution in [0.3, 0.4) is 0 Å². The topological polar surface area (TPSA) is 0 Å². The van der Waals surface area contributed by atoms with Crippen molar-refractivity contribution < 1.29 is 1.43 Å². The van der Waals surface area contributed by atoms with Gasteiger partial charge in [-0.05, 0) is 12.0 Å². The van der Waals surface area contributed by atoms with Gasteiger partial charge in [-0.3, -0.25) is 0 Å². The molecule has 0 saturated carbocycles. The SMILES string of the molecule is CCc1ccccc1.[H+]. The third-order valence-electron chi connectivity index (χ3n) is 1.25. The van der Waals surface area contributed by atoms with E-state index in [1.807, 2.05) is 6.07 Å². The fourth-order valence-electron chi connectivity index (χ4n) is 0.714. The maximum atomic E-state index is 2.16. The highest BCUT2D eigenvalue weighted by atomic mass is 13.9. The largest absolute Gasteiger partial charge is 1.00 e. The van der Waals surface area contributed by atoms with Crippen molar-refractivity contribution in [3.63, 3.8) is 0 Å². The van der Waals surface area contributed by atoms with E-state index in [0.29, 0.717) is 0 Å². The molecule has 0 heterocycles. The second-order valence-electron chi connectivity index (χ2n) is 1.84. The summed E-state index contributed by atoms with van der Waals surface area (Å²) in [6, 6.07) is 10.5. The summed E-state index contributed by atoms with van der Waals surface area (Å²) >= 11 is 0. The highest BCUT2D eigenvalue weighted by Crippen LogP contribution is 1.96. The van der Waals surface area contributed by atoms with E-state index in [2.05, 4.69) is 31.2 Å². The Kier molecular flexibility index (Phi) is 1.68. The van der Waals surface area contributed by atoms with Gasteiger partial charge >= 0.3 is 1.43 Å². The van der Waals surface area contributed by atoms with Crippen LogP contribution in [0.25, 0.3) is 0 Å². The van der Waals surface area contributed by atoms with Gasteiger partial charge in [-0.1, -0.05) is 37.3 Å². The molecule has 8 heavy (non-hydrogen) atoms. The summed E-state index contributed by atoms with van der Waals surface area (Å²) < 4.78 is 0. The van der Waals surface area contributed by atoms with Gasteiger partial charge in [-0.15, -0.1) is 0 Å². The molecule has 42 valence electrons. The first kappa shape index (κ1) is 5.36. The average Bonchev–Trinajstić information content (AvgIpc) is 1.90. The molecule has 0 atom stereocenters. The van der Waals surface area contributed by atoms with Crippen molar-refractivity contribution in [3.8, 4) is 0 Å². The molecule has 0 radical (unpaired) electrons. The van der Waals surface area contributed by atoms with Crippen LogP contribution < -0.4 is 0 Å². The van der Waals surface area contributed by atoms with Gasteiger partial charge in [0.2, 0.25) is 0 Å². The smallest absolute Gasteiger partial charge is 0.0622 e. The van der Waals surface area contributed by atoms with Gasteiger partial charge in [0.1, 0.15) is 0 Å². The lowest BCUT2D eigenvalue weighted by atomic mass is 10.2. The van der Waals surface area contributed by atoms with E-state index >= 15 is 0 Å². The van der Waals surface area contributed by atoms with E-state index in [0.717, 1.165) is 6.42 Å². The van der Waals surface area contributed by atoms with Crippen LogP contribution in [0.15, 0.2) is 30.3 Å². The maximum Gasteiger partial charge on any atom is 1.00 e. The molecular weight excluding hydrogens is 96.1 g/mol. The second-order valence-corrected chi connectivity index (χ2v) is 1.84. The molecule has 0 aliphatic carbocycles. The van der Waals surface area contributed by atoms with Crippen molar-refractivity contribution in [2.45, 2.75) is 13.3 Å². The Hall–Kier alpha value is -0.780. The molecule has 0 aliphatic heterocycles. The molecule has 0 fully saturated rings. The quantitative estimate of drug-likeness (QED) is 0.516. The normalized spacial score (nSPS) is 9.12. The lowest BCUT2D eigenvalue weighted by Gasteiger charge is -1.89. The molecule has 0 nitrogen and oxygen atoms in total. The minimum Gasteiger partial charge on any atom is -0.0622 e. The first-order valence-electron chi connectivity index (χ1n) is 2.97. The third kappa shape index (κ3) is 1.09. The van der Waals surface area contributed by atoms with E-state index in [1.54, 1.807) is 0 Å². The van der Waals surface area contributed by atoms with Crippen LogP contribution in [0.4, 0.5) is 0 Å². The van der Waals surface area contributed by atoms with Gasteiger partial charge in [-0.2, -0.15) is 0 Å². The number of hydrogen-bond acceptors (Lipinski definition) is 0. The first-order valence-corrected chi connectivity index (χ1v) is 2.97. The van der Waals surface area contributed by atoms with Gasteiger partial charge in [0.15, 0.2) is 0 Å². The molecule has 1 aromatic carbocycles. The first-order chi connectivity index (χ1) is 3.93. The van der Waals surface area contributed by atoms with Crippen molar-refractivity contribution in [2.75, 3.05) is 0 Å². The Balaban J connectivity index is 0.000000640. The Labute approximate surface area is 51.6 Å². The highest BCUT2D eigenvalue weighted by molar-refractivity contribution is 5.13. The second kappa shape index (κ2) is 2.51. The summed E-state index contributed by atoms with van der Waals surface area (Å²) in [5.74, 6) is 0. The van der Waals surface area contributed by atoms with Crippen molar-refractivity contribution in [1.82, 2.24) is 0 Å². The lowest BCUT2D eigenvalue weighted by Crippen LogP contribution is -1.73. The molecule has 0 amide bonds. The van der Waals surface area contributed by atoms with Gasteiger partial charge in [0.25, 0.3) is 0 Å². The standard InChI is InChI=1S/C8H10/c1-2-8-6-4-3-5-7-8/h3-7H,2H2,1H3/p+1. The van der Waals surface area contributed by atoms with Crippen LogP contribution in [-0.4, -0.2) is 0 Å². The monoisotopic (exact) mass is 107 g/mol. The lowest BCUT2D eigenvalue weighted by molar-refractivity contribution is 1.14. The Morgan fingerprint density at radius 1 is 1.25 bits per heavy atom. The third-order valence-corrected chi connectivity index (χ3v) is 1.25. The minimum absolute atomic E-state index is 0. The minimum atomic E-state index is 0. The van der Waals surface area contributed by atoms with Crippen molar-refractivity contribution in [3.05, 3.63) is 35.9 Å². The molecule has 1 aromatic rings. The van der Waals surface area contributed by atoms with Crippen LogP contribution in [-0.2, 0) is 6.42 Å². The van der Waals surface area contributed by atoms with Gasteiger partial charge < -0.3 is 0 Å². The molecule has 0 heteroatoms. The van der Waals surface area contributed by atoms with Gasteiger partial charge in [0.05, 0.1) is 0 Å². The van der Waals surface area contributed by atoms with Crippen LogP contribution in [0, 0.1) is 0 Å². The molecule has 0 N–H and O–H groups in total. The van der Waals surface area contributed by atoms with Crippen LogP contribution in [0.2, 0.25) is 0 Å². The van der Waals surface area contributed by atoms with Crippen molar-refractivity contribution in [2.24, 2.45) is 0 Å². The molecule has 0 unspecified atom stereocenters. The van der Waals surface area contributed by atoms with Crippen molar-refractivity contribution >= 4 is 0 Å². The summed E-state index contributed by atoms with van der Waals surface area (Å²) in [4.78, 5) is 0. The fraction of sp³-hybridized carbons (Fsp3) is 0.250. The molecule has 0 aliphatic rings. The molecular formula is C8H11+. The van der Waals surface area contributed by atoms with E-state index in [9.17, 15) is 0 Å². The molecule has 1 rings (SSSR count). The number of hydrogen-bond donors (Lipinski definition) is 0. The molecule has 0 saturated heterocycles. The van der Waals surface area contributed by atoms with Gasteiger partial charge in [-0.25, -0.2) is 0 Å². The van der Waals surface area contributed by atoms with Crippen LogP contribution in [0.5, 0.6) is 0 Å². The van der Waals surface area contributed by atoms with Gasteiger partial charge in [0, 0.05) is 0 Å². The number of rotatable bonds is 1. The number of aryl methyl sites for hydroxylation is 1. The predicted octanol–water partition coefficient (Wildman–Crippen LogP) is 2.36. The Morgan fingerprint density at radius 3 is 2.25 bits per heavy atom. The zero-order valence-electron chi connectivity index (χ0n) is 6.09. The Bertz CT molecular complexity index is 146. The van der Waals surface area contributed by atoms with E-state index in [-0.39, 0.29) is 1.43 Å². The van der Waals surface area contributed by atoms with E-state index in [4.69, 9.17) is 0 Å². The summed E-state index contributed by atoms with van der Waals surface area (Å²) in [7, 11) is 0. The maximum absolute atomic E-state index is 2.16. The van der Waals surface area contributed by atoms with E-state index in [1.165, 1.54) is 5.56 Å². The average molecular weight is 107 g/mol. The fourth-order valence-corrected chi connectivity index (χ4v) is 0.714. The summed E-state index contributed by atoms with van der Waals surface area (Å²) in [6.07, 6.45) is 1.14.